The highest BCUT2D eigenvalue weighted by Gasteiger charge is 2.11. The number of nitrogens with one attached hydrogen (secondary N) is 1. The maximum absolute atomic E-state index is 11.5. The van der Waals surface area contributed by atoms with Gasteiger partial charge in [0.25, 0.3) is 0 Å². The van der Waals surface area contributed by atoms with Crippen LogP contribution in [-0.4, -0.2) is 14.7 Å². The predicted molar refractivity (Wildman–Crippen MR) is 82.1 cm³/mol. The number of para-hydroxylation sites is 1. The first-order valence-electron chi connectivity index (χ1n) is 7.06. The van der Waals surface area contributed by atoms with Gasteiger partial charge >= 0.3 is 0 Å². The molecule has 0 unspecified atom stereocenters. The Morgan fingerprint density at radius 1 is 1.00 bits per heavy atom. The van der Waals surface area contributed by atoms with Crippen LogP contribution in [0.4, 0.5) is 5.69 Å². The lowest BCUT2D eigenvalue weighted by molar-refractivity contribution is 0.606. The summed E-state index contributed by atoms with van der Waals surface area (Å²) in [6.45, 7) is 4.29. The molecule has 0 aromatic heterocycles. The molecule has 0 radical (unpaired) electrons. The second-order valence-corrected chi connectivity index (χ2v) is 6.78. The molecule has 0 atom stereocenters. The van der Waals surface area contributed by atoms with E-state index in [0.29, 0.717) is 0 Å². The maximum Gasteiger partial charge on any atom is 0.229 e. The molecule has 19 heavy (non-hydrogen) atoms. The number of hydrogen-bond donors (Lipinski definition) is 1. The highest BCUT2D eigenvalue weighted by atomic mass is 32.2. The Bertz CT molecular complexity index is 469. The van der Waals surface area contributed by atoms with Gasteiger partial charge in [0.2, 0.25) is 10.0 Å². The van der Waals surface area contributed by atoms with E-state index >= 15 is 0 Å². The van der Waals surface area contributed by atoms with E-state index in [4.69, 9.17) is 0 Å². The first-order valence-corrected chi connectivity index (χ1v) is 8.95. The minimum Gasteiger partial charge on any atom is -0.283 e. The van der Waals surface area contributed by atoms with E-state index < -0.39 is 10.0 Å². The van der Waals surface area contributed by atoms with Gasteiger partial charge in [0.05, 0.1) is 11.9 Å². The van der Waals surface area contributed by atoms with Gasteiger partial charge in [-0.15, -0.1) is 0 Å². The molecular formula is C15H25NO2S. The minimum absolute atomic E-state index is 0.812. The van der Waals surface area contributed by atoms with Crippen molar-refractivity contribution in [2.75, 3.05) is 11.0 Å². The Balaban J connectivity index is 3.07. The fourth-order valence-corrected chi connectivity index (χ4v) is 2.75. The normalized spacial score (nSPS) is 11.5. The summed E-state index contributed by atoms with van der Waals surface area (Å²) in [5.41, 5.74) is 3.04. The van der Waals surface area contributed by atoms with E-state index in [-0.39, 0.29) is 0 Å². The zero-order valence-electron chi connectivity index (χ0n) is 12.2. The largest absolute Gasteiger partial charge is 0.283 e. The van der Waals surface area contributed by atoms with Crippen LogP contribution < -0.4 is 4.72 Å². The van der Waals surface area contributed by atoms with Crippen LogP contribution in [0.1, 0.15) is 50.7 Å². The molecule has 4 heteroatoms. The minimum atomic E-state index is -3.22. The number of rotatable bonds is 8. The van der Waals surface area contributed by atoms with Crippen molar-refractivity contribution in [1.82, 2.24) is 0 Å². The molecule has 1 rings (SSSR count). The first-order chi connectivity index (χ1) is 8.98. The van der Waals surface area contributed by atoms with Crippen molar-refractivity contribution in [3.63, 3.8) is 0 Å². The van der Waals surface area contributed by atoms with Crippen LogP contribution >= 0.6 is 0 Å². The lowest BCUT2D eigenvalue weighted by Gasteiger charge is -2.15. The summed E-state index contributed by atoms with van der Waals surface area (Å²) in [5.74, 6) is 0. The van der Waals surface area contributed by atoms with E-state index in [1.165, 1.54) is 6.26 Å². The molecule has 0 aliphatic heterocycles. The number of aryl methyl sites for hydroxylation is 2. The SMILES string of the molecule is CCCCc1cccc(CCCC)c1NS(C)(=O)=O. The lowest BCUT2D eigenvalue weighted by atomic mass is 9.99. The van der Waals surface area contributed by atoms with Crippen molar-refractivity contribution < 1.29 is 8.42 Å². The van der Waals surface area contributed by atoms with E-state index in [0.717, 1.165) is 55.3 Å². The van der Waals surface area contributed by atoms with Crippen molar-refractivity contribution in [3.05, 3.63) is 29.3 Å². The molecule has 1 aromatic carbocycles. The van der Waals surface area contributed by atoms with Gasteiger partial charge in [-0.05, 0) is 36.8 Å². The maximum atomic E-state index is 11.5. The quantitative estimate of drug-likeness (QED) is 0.790. The van der Waals surface area contributed by atoms with Gasteiger partial charge in [0.1, 0.15) is 0 Å². The molecule has 1 N–H and O–H groups in total. The Kier molecular flexibility index (Phi) is 6.35. The molecule has 0 aliphatic rings. The zero-order valence-corrected chi connectivity index (χ0v) is 13.0. The van der Waals surface area contributed by atoms with Crippen LogP contribution in [0.25, 0.3) is 0 Å². The average Bonchev–Trinajstić information content (AvgIpc) is 2.34. The van der Waals surface area contributed by atoms with Gasteiger partial charge in [0, 0.05) is 0 Å². The van der Waals surface area contributed by atoms with Crippen LogP contribution in [0.3, 0.4) is 0 Å². The Morgan fingerprint density at radius 2 is 1.47 bits per heavy atom. The Hall–Kier alpha value is -1.03. The molecule has 0 heterocycles. The summed E-state index contributed by atoms with van der Waals surface area (Å²) in [4.78, 5) is 0. The van der Waals surface area contributed by atoms with Crippen molar-refractivity contribution in [2.24, 2.45) is 0 Å². The van der Waals surface area contributed by atoms with Crippen molar-refractivity contribution in [2.45, 2.75) is 52.4 Å². The molecule has 108 valence electrons. The monoisotopic (exact) mass is 283 g/mol. The molecule has 3 nitrogen and oxygen atoms in total. The van der Waals surface area contributed by atoms with E-state index in [9.17, 15) is 8.42 Å². The first kappa shape index (κ1) is 16.0. The summed E-state index contributed by atoms with van der Waals surface area (Å²) in [6, 6.07) is 6.08. The molecule has 0 saturated carbocycles. The lowest BCUT2D eigenvalue weighted by Crippen LogP contribution is -2.13. The molecular weight excluding hydrogens is 258 g/mol. The van der Waals surface area contributed by atoms with Crippen LogP contribution in [0, 0.1) is 0 Å². The van der Waals surface area contributed by atoms with E-state index in [2.05, 4.69) is 18.6 Å². The molecule has 1 aromatic rings. The third-order valence-electron chi connectivity index (χ3n) is 3.12. The number of benzene rings is 1. The van der Waals surface area contributed by atoms with Crippen molar-refractivity contribution >= 4 is 15.7 Å². The van der Waals surface area contributed by atoms with Gasteiger partial charge in [-0.3, -0.25) is 4.72 Å². The van der Waals surface area contributed by atoms with Gasteiger partial charge in [-0.1, -0.05) is 44.9 Å². The van der Waals surface area contributed by atoms with Crippen LogP contribution in [0.2, 0.25) is 0 Å². The summed E-state index contributed by atoms with van der Waals surface area (Å²) in [5, 5.41) is 0. The highest BCUT2D eigenvalue weighted by Crippen LogP contribution is 2.25. The summed E-state index contributed by atoms with van der Waals surface area (Å²) in [6.07, 6.45) is 7.44. The second kappa shape index (κ2) is 7.53. The summed E-state index contributed by atoms with van der Waals surface area (Å²) < 4.78 is 25.8. The van der Waals surface area contributed by atoms with Gasteiger partial charge in [-0.2, -0.15) is 0 Å². The third-order valence-corrected chi connectivity index (χ3v) is 3.70. The van der Waals surface area contributed by atoms with Gasteiger partial charge in [-0.25, -0.2) is 8.42 Å². The average molecular weight is 283 g/mol. The van der Waals surface area contributed by atoms with Gasteiger partial charge < -0.3 is 0 Å². The molecule has 0 spiro atoms. The zero-order chi connectivity index (χ0) is 14.3. The number of unbranched alkanes of at least 4 members (excludes halogenated alkanes) is 2. The molecule has 0 saturated heterocycles. The Labute approximate surface area is 117 Å². The molecule has 0 bridgehead atoms. The van der Waals surface area contributed by atoms with Crippen LogP contribution in [0.15, 0.2) is 18.2 Å². The third kappa shape index (κ3) is 5.64. The van der Waals surface area contributed by atoms with Crippen molar-refractivity contribution in [1.29, 1.82) is 0 Å². The molecule has 0 amide bonds. The highest BCUT2D eigenvalue weighted by molar-refractivity contribution is 7.92. The van der Waals surface area contributed by atoms with Crippen molar-refractivity contribution in [3.8, 4) is 0 Å². The predicted octanol–water partition coefficient (Wildman–Crippen LogP) is 3.74. The number of sulfonamides is 1. The standard InChI is InChI=1S/C15H25NO2S/c1-4-6-9-13-11-8-12-14(10-7-5-2)15(13)16-19(3,17)18/h8,11-12,16H,4-7,9-10H2,1-3H3. The number of hydrogen-bond acceptors (Lipinski definition) is 2. The van der Waals surface area contributed by atoms with Crippen LogP contribution in [-0.2, 0) is 22.9 Å². The van der Waals surface area contributed by atoms with E-state index in [1.807, 2.05) is 18.2 Å². The van der Waals surface area contributed by atoms with Crippen LogP contribution in [0.5, 0.6) is 0 Å². The fraction of sp³-hybridized carbons (Fsp3) is 0.600. The topological polar surface area (TPSA) is 46.2 Å². The molecule has 0 aliphatic carbocycles. The number of anilines is 1. The summed E-state index contributed by atoms with van der Waals surface area (Å²) >= 11 is 0. The van der Waals surface area contributed by atoms with Gasteiger partial charge in [0.15, 0.2) is 0 Å². The summed E-state index contributed by atoms with van der Waals surface area (Å²) in [7, 11) is -3.22. The smallest absolute Gasteiger partial charge is 0.229 e. The van der Waals surface area contributed by atoms with E-state index in [1.54, 1.807) is 0 Å². The Morgan fingerprint density at radius 3 is 1.84 bits per heavy atom. The fourth-order valence-electron chi connectivity index (χ4n) is 2.12. The molecule has 0 fully saturated rings. The second-order valence-electron chi connectivity index (χ2n) is 5.03.